The van der Waals surface area contributed by atoms with Crippen LogP contribution in [0.25, 0.3) is 0 Å². The van der Waals surface area contributed by atoms with Crippen molar-refractivity contribution >= 4 is 17.4 Å². The normalized spacial score (nSPS) is 16.9. The van der Waals surface area contributed by atoms with E-state index in [4.69, 9.17) is 18.0 Å². The van der Waals surface area contributed by atoms with Crippen molar-refractivity contribution in [2.75, 3.05) is 5.32 Å². The SMILES string of the molecule is C#CC(C)Nc1cc(Cl)nc(C2CC2)n1. The van der Waals surface area contributed by atoms with Crippen LogP contribution >= 0.6 is 11.6 Å². The standard InChI is InChI=1S/C11H12ClN3/c1-3-7(2)13-10-6-9(12)14-11(15-10)8-4-5-8/h1,6-8H,4-5H2,2H3,(H,13,14,15). The lowest BCUT2D eigenvalue weighted by atomic mass is 10.3. The molecular weight excluding hydrogens is 210 g/mol. The second kappa shape index (κ2) is 4.08. The van der Waals surface area contributed by atoms with Gasteiger partial charge in [0.1, 0.15) is 16.8 Å². The molecule has 15 heavy (non-hydrogen) atoms. The molecule has 78 valence electrons. The lowest BCUT2D eigenvalue weighted by Gasteiger charge is -2.09. The smallest absolute Gasteiger partial charge is 0.135 e. The predicted molar refractivity (Wildman–Crippen MR) is 60.9 cm³/mol. The van der Waals surface area contributed by atoms with Crippen molar-refractivity contribution in [3.05, 3.63) is 17.0 Å². The molecule has 4 heteroatoms. The molecule has 1 unspecified atom stereocenters. The third-order valence-electron chi connectivity index (χ3n) is 2.27. The fourth-order valence-corrected chi connectivity index (χ4v) is 1.49. The van der Waals surface area contributed by atoms with E-state index in [0.717, 1.165) is 18.7 Å². The average molecular weight is 222 g/mol. The van der Waals surface area contributed by atoms with Crippen molar-refractivity contribution in [2.24, 2.45) is 0 Å². The molecule has 1 saturated carbocycles. The molecule has 0 amide bonds. The summed E-state index contributed by atoms with van der Waals surface area (Å²) in [6.45, 7) is 1.90. The molecule has 1 aromatic rings. The Morgan fingerprint density at radius 3 is 2.93 bits per heavy atom. The molecule has 0 radical (unpaired) electrons. The number of hydrogen-bond acceptors (Lipinski definition) is 3. The summed E-state index contributed by atoms with van der Waals surface area (Å²) in [6, 6.07) is 1.64. The van der Waals surface area contributed by atoms with Gasteiger partial charge in [-0.25, -0.2) is 9.97 Å². The van der Waals surface area contributed by atoms with Crippen molar-refractivity contribution in [1.29, 1.82) is 0 Å². The molecule has 1 N–H and O–H groups in total. The summed E-state index contributed by atoms with van der Waals surface area (Å²) in [4.78, 5) is 8.57. The van der Waals surface area contributed by atoms with Crippen molar-refractivity contribution < 1.29 is 0 Å². The van der Waals surface area contributed by atoms with E-state index >= 15 is 0 Å². The number of aromatic nitrogens is 2. The number of anilines is 1. The third kappa shape index (κ3) is 2.60. The van der Waals surface area contributed by atoms with Gasteiger partial charge in [0.25, 0.3) is 0 Å². The van der Waals surface area contributed by atoms with E-state index in [2.05, 4.69) is 21.2 Å². The minimum atomic E-state index is -0.0528. The lowest BCUT2D eigenvalue weighted by molar-refractivity contribution is 0.911. The molecule has 1 heterocycles. The molecule has 1 aliphatic carbocycles. The molecular formula is C11H12ClN3. The molecule has 1 aromatic heterocycles. The van der Waals surface area contributed by atoms with Crippen molar-refractivity contribution in [1.82, 2.24) is 9.97 Å². The van der Waals surface area contributed by atoms with Crippen LogP contribution in [0.15, 0.2) is 6.07 Å². The quantitative estimate of drug-likeness (QED) is 0.629. The van der Waals surface area contributed by atoms with Gasteiger partial charge in [-0.3, -0.25) is 0 Å². The first-order chi connectivity index (χ1) is 7.19. The predicted octanol–water partition coefficient (Wildman–Crippen LogP) is 2.44. The lowest BCUT2D eigenvalue weighted by Crippen LogP contribution is -2.14. The Morgan fingerprint density at radius 2 is 2.33 bits per heavy atom. The zero-order valence-corrected chi connectivity index (χ0v) is 9.25. The van der Waals surface area contributed by atoms with Gasteiger partial charge in [0.05, 0.1) is 6.04 Å². The Balaban J connectivity index is 2.20. The third-order valence-corrected chi connectivity index (χ3v) is 2.46. The molecule has 2 rings (SSSR count). The molecule has 3 nitrogen and oxygen atoms in total. The van der Waals surface area contributed by atoms with Crippen LogP contribution in [-0.2, 0) is 0 Å². The van der Waals surface area contributed by atoms with E-state index in [9.17, 15) is 0 Å². The zero-order chi connectivity index (χ0) is 10.8. The maximum Gasteiger partial charge on any atom is 0.135 e. The first-order valence-electron chi connectivity index (χ1n) is 4.96. The molecule has 0 bridgehead atoms. The second-order valence-corrected chi connectivity index (χ2v) is 4.13. The number of nitrogens with zero attached hydrogens (tertiary/aromatic N) is 2. The van der Waals surface area contributed by atoms with Crippen LogP contribution in [0, 0.1) is 12.3 Å². The Bertz CT molecular complexity index is 407. The fourth-order valence-electron chi connectivity index (χ4n) is 1.30. The van der Waals surface area contributed by atoms with Gasteiger partial charge >= 0.3 is 0 Å². The Labute approximate surface area is 94.3 Å². The fraction of sp³-hybridized carbons (Fsp3) is 0.455. The summed E-state index contributed by atoms with van der Waals surface area (Å²) in [6.07, 6.45) is 7.59. The van der Waals surface area contributed by atoms with Gasteiger partial charge in [0.2, 0.25) is 0 Å². The van der Waals surface area contributed by atoms with Gasteiger partial charge < -0.3 is 5.32 Å². The molecule has 0 spiro atoms. The number of rotatable bonds is 3. The van der Waals surface area contributed by atoms with Gasteiger partial charge in [0, 0.05) is 12.0 Å². The molecule has 1 fully saturated rings. The van der Waals surface area contributed by atoms with Crippen molar-refractivity contribution in [2.45, 2.75) is 31.7 Å². The average Bonchev–Trinajstić information content (AvgIpc) is 2.99. The summed E-state index contributed by atoms with van der Waals surface area (Å²) < 4.78 is 0. The van der Waals surface area contributed by atoms with E-state index < -0.39 is 0 Å². The van der Waals surface area contributed by atoms with Crippen LogP contribution in [0.2, 0.25) is 5.15 Å². The molecule has 0 saturated heterocycles. The zero-order valence-electron chi connectivity index (χ0n) is 8.50. The minimum Gasteiger partial charge on any atom is -0.357 e. The van der Waals surface area contributed by atoms with Crippen LogP contribution in [0.4, 0.5) is 5.82 Å². The summed E-state index contributed by atoms with van der Waals surface area (Å²) >= 11 is 5.91. The topological polar surface area (TPSA) is 37.8 Å². The highest BCUT2D eigenvalue weighted by molar-refractivity contribution is 6.29. The maximum absolute atomic E-state index is 5.91. The molecule has 1 atom stereocenters. The van der Waals surface area contributed by atoms with E-state index in [1.165, 1.54) is 0 Å². The van der Waals surface area contributed by atoms with Crippen molar-refractivity contribution in [3.8, 4) is 12.3 Å². The highest BCUT2D eigenvalue weighted by Crippen LogP contribution is 2.38. The number of nitrogens with one attached hydrogen (secondary N) is 1. The van der Waals surface area contributed by atoms with E-state index in [0.29, 0.717) is 16.9 Å². The van der Waals surface area contributed by atoms with Crippen LogP contribution in [0.3, 0.4) is 0 Å². The largest absolute Gasteiger partial charge is 0.357 e. The van der Waals surface area contributed by atoms with Crippen LogP contribution in [0.5, 0.6) is 0 Å². The highest BCUT2D eigenvalue weighted by Gasteiger charge is 2.27. The van der Waals surface area contributed by atoms with Crippen LogP contribution in [-0.4, -0.2) is 16.0 Å². The summed E-state index contributed by atoms with van der Waals surface area (Å²) in [5.74, 6) is 4.61. The van der Waals surface area contributed by atoms with E-state index in [-0.39, 0.29) is 6.04 Å². The van der Waals surface area contributed by atoms with Crippen LogP contribution < -0.4 is 5.32 Å². The Hall–Kier alpha value is -1.27. The minimum absolute atomic E-state index is 0.0528. The summed E-state index contributed by atoms with van der Waals surface area (Å²) in [7, 11) is 0. The second-order valence-electron chi connectivity index (χ2n) is 3.74. The molecule has 0 aliphatic heterocycles. The van der Waals surface area contributed by atoms with Gasteiger partial charge in [-0.05, 0) is 19.8 Å². The van der Waals surface area contributed by atoms with E-state index in [1.54, 1.807) is 6.07 Å². The van der Waals surface area contributed by atoms with Gasteiger partial charge in [-0.2, -0.15) is 0 Å². The monoisotopic (exact) mass is 221 g/mol. The number of halogens is 1. The van der Waals surface area contributed by atoms with Gasteiger partial charge in [0.15, 0.2) is 0 Å². The summed E-state index contributed by atoms with van der Waals surface area (Å²) in [5, 5.41) is 3.55. The van der Waals surface area contributed by atoms with E-state index in [1.807, 2.05) is 6.92 Å². The van der Waals surface area contributed by atoms with Gasteiger partial charge in [-0.1, -0.05) is 17.5 Å². The molecule has 0 aromatic carbocycles. The molecule has 1 aliphatic rings. The first kappa shape index (κ1) is 10.3. The Morgan fingerprint density at radius 1 is 1.60 bits per heavy atom. The highest BCUT2D eigenvalue weighted by atomic mass is 35.5. The van der Waals surface area contributed by atoms with Gasteiger partial charge in [-0.15, -0.1) is 6.42 Å². The first-order valence-corrected chi connectivity index (χ1v) is 5.34. The maximum atomic E-state index is 5.91. The Kier molecular flexibility index (Phi) is 2.79. The number of terminal acetylenes is 1. The van der Waals surface area contributed by atoms with Crippen LogP contribution in [0.1, 0.15) is 31.5 Å². The summed E-state index contributed by atoms with van der Waals surface area (Å²) in [5.41, 5.74) is 0. The number of hydrogen-bond donors (Lipinski definition) is 1. The van der Waals surface area contributed by atoms with Crippen molar-refractivity contribution in [3.63, 3.8) is 0 Å².